The van der Waals surface area contributed by atoms with E-state index < -0.39 is 6.09 Å². The van der Waals surface area contributed by atoms with Crippen LogP contribution in [0.3, 0.4) is 0 Å². The average Bonchev–Trinajstić information content (AvgIpc) is 3.18. The predicted octanol–water partition coefficient (Wildman–Crippen LogP) is 6.16. The van der Waals surface area contributed by atoms with Gasteiger partial charge in [-0.2, -0.15) is 0 Å². The van der Waals surface area contributed by atoms with Crippen LogP contribution in [0.1, 0.15) is 20.3 Å². The van der Waals surface area contributed by atoms with Crippen LogP contribution in [0.25, 0.3) is 22.4 Å². The molecule has 0 aliphatic heterocycles. The Balaban J connectivity index is 1.43. The van der Waals surface area contributed by atoms with Crippen molar-refractivity contribution in [1.29, 1.82) is 0 Å². The van der Waals surface area contributed by atoms with E-state index in [2.05, 4.69) is 29.1 Å². The highest BCUT2D eigenvalue weighted by Gasteiger charge is 2.09. The van der Waals surface area contributed by atoms with Gasteiger partial charge in [0.05, 0.1) is 11.0 Å². The van der Waals surface area contributed by atoms with Gasteiger partial charge in [-0.1, -0.05) is 32.0 Å². The van der Waals surface area contributed by atoms with Crippen LogP contribution in [0.4, 0.5) is 4.79 Å². The van der Waals surface area contributed by atoms with Crippen molar-refractivity contribution in [3.8, 4) is 28.6 Å². The van der Waals surface area contributed by atoms with Gasteiger partial charge in [0, 0.05) is 18.2 Å². The number of para-hydroxylation sites is 1. The lowest BCUT2D eigenvalue weighted by molar-refractivity contribution is 0.200. The van der Waals surface area contributed by atoms with Gasteiger partial charge in [0.15, 0.2) is 0 Å². The molecule has 4 rings (SSSR count). The molecule has 31 heavy (non-hydrogen) atoms. The molecule has 1 heterocycles. The number of nitrogens with one attached hydrogen (secondary N) is 2. The summed E-state index contributed by atoms with van der Waals surface area (Å²) in [4.78, 5) is 19.9. The van der Waals surface area contributed by atoms with E-state index in [1.807, 2.05) is 60.7 Å². The molecule has 0 saturated carbocycles. The van der Waals surface area contributed by atoms with Gasteiger partial charge >= 0.3 is 6.09 Å². The second-order valence-corrected chi connectivity index (χ2v) is 7.70. The van der Waals surface area contributed by atoms with E-state index in [-0.39, 0.29) is 0 Å². The first kappa shape index (κ1) is 20.5. The molecule has 2 N–H and O–H groups in total. The summed E-state index contributed by atoms with van der Waals surface area (Å²) in [5.41, 5.74) is 2.53. The van der Waals surface area contributed by atoms with Gasteiger partial charge < -0.3 is 19.8 Å². The Bertz CT molecular complexity index is 1150. The maximum absolute atomic E-state index is 11.9. The summed E-state index contributed by atoms with van der Waals surface area (Å²) in [7, 11) is 0. The summed E-state index contributed by atoms with van der Waals surface area (Å²) >= 11 is 0. The number of imidazole rings is 1. The number of H-pyrrole nitrogens is 1. The lowest BCUT2D eigenvalue weighted by Crippen LogP contribution is -2.28. The first-order valence-electron chi connectivity index (χ1n) is 10.4. The molecule has 3 aromatic carbocycles. The first-order chi connectivity index (χ1) is 15.1. The number of carbonyl (C=O) groups excluding carboxylic acids is 1. The smallest absolute Gasteiger partial charge is 0.412 e. The number of fused-ring (bicyclic) bond motifs is 1. The predicted molar refractivity (Wildman–Crippen MR) is 122 cm³/mol. The fourth-order valence-corrected chi connectivity index (χ4v) is 3.10. The molecule has 0 atom stereocenters. The van der Waals surface area contributed by atoms with E-state index in [0.717, 1.165) is 40.3 Å². The zero-order valence-corrected chi connectivity index (χ0v) is 17.6. The molecule has 158 valence electrons. The molecule has 0 saturated heterocycles. The third-order valence-corrected chi connectivity index (χ3v) is 4.76. The van der Waals surface area contributed by atoms with Crippen LogP contribution in [-0.2, 0) is 0 Å². The molecule has 6 nitrogen and oxygen atoms in total. The number of rotatable bonds is 7. The van der Waals surface area contributed by atoms with Crippen LogP contribution in [0.5, 0.6) is 17.2 Å². The normalized spacial score (nSPS) is 10.9. The van der Waals surface area contributed by atoms with Gasteiger partial charge in [-0.05, 0) is 60.9 Å². The Morgan fingerprint density at radius 1 is 0.968 bits per heavy atom. The Hall–Kier alpha value is -3.80. The van der Waals surface area contributed by atoms with Crippen LogP contribution < -0.4 is 14.8 Å². The maximum Gasteiger partial charge on any atom is 0.412 e. The van der Waals surface area contributed by atoms with Crippen molar-refractivity contribution < 1.29 is 14.3 Å². The minimum Gasteiger partial charge on any atom is -0.457 e. The number of hydrogen-bond donors (Lipinski definition) is 2. The number of benzene rings is 3. The lowest BCUT2D eigenvalue weighted by atomic mass is 10.1. The first-order valence-corrected chi connectivity index (χ1v) is 10.4. The van der Waals surface area contributed by atoms with Crippen molar-refractivity contribution in [2.45, 2.75) is 20.3 Å². The summed E-state index contributed by atoms with van der Waals surface area (Å²) in [6.45, 7) is 4.82. The topological polar surface area (TPSA) is 76.2 Å². The van der Waals surface area contributed by atoms with Crippen molar-refractivity contribution >= 4 is 17.1 Å². The molecule has 0 radical (unpaired) electrons. The highest BCUT2D eigenvalue weighted by Crippen LogP contribution is 2.27. The van der Waals surface area contributed by atoms with E-state index in [9.17, 15) is 4.79 Å². The molecule has 1 aromatic heterocycles. The van der Waals surface area contributed by atoms with E-state index in [1.165, 1.54) is 0 Å². The number of carbonyl (C=O) groups is 1. The zero-order valence-electron chi connectivity index (χ0n) is 17.6. The molecule has 1 amide bonds. The maximum atomic E-state index is 11.9. The molecule has 0 bridgehead atoms. The Labute approximate surface area is 181 Å². The number of ether oxygens (including phenoxy) is 2. The van der Waals surface area contributed by atoms with E-state index in [4.69, 9.17) is 9.47 Å². The number of aromatic amines is 1. The monoisotopic (exact) mass is 415 g/mol. The van der Waals surface area contributed by atoms with E-state index in [1.54, 1.807) is 12.1 Å². The van der Waals surface area contributed by atoms with Gasteiger partial charge in [-0.15, -0.1) is 0 Å². The van der Waals surface area contributed by atoms with Crippen molar-refractivity contribution in [2.24, 2.45) is 5.92 Å². The van der Waals surface area contributed by atoms with Crippen LogP contribution in [0.2, 0.25) is 0 Å². The molecule has 0 aliphatic carbocycles. The quantitative estimate of drug-likeness (QED) is 0.379. The molecule has 0 fully saturated rings. The third-order valence-electron chi connectivity index (χ3n) is 4.76. The number of amides is 1. The fraction of sp³-hybridized carbons (Fsp3) is 0.200. The number of hydrogen-bond acceptors (Lipinski definition) is 4. The van der Waals surface area contributed by atoms with Crippen molar-refractivity contribution in [2.75, 3.05) is 6.54 Å². The van der Waals surface area contributed by atoms with Crippen molar-refractivity contribution in [1.82, 2.24) is 15.3 Å². The van der Waals surface area contributed by atoms with Gasteiger partial charge in [-0.3, -0.25) is 0 Å². The summed E-state index contributed by atoms with van der Waals surface area (Å²) in [6, 6.07) is 22.7. The van der Waals surface area contributed by atoms with Crippen LogP contribution in [0, 0.1) is 5.92 Å². The molecule has 4 aromatic rings. The average molecular weight is 415 g/mol. The van der Waals surface area contributed by atoms with Gasteiger partial charge in [0.25, 0.3) is 0 Å². The van der Waals surface area contributed by atoms with Crippen molar-refractivity contribution in [3.63, 3.8) is 0 Å². The lowest BCUT2D eigenvalue weighted by Gasteiger charge is -2.07. The summed E-state index contributed by atoms with van der Waals surface area (Å²) in [5, 5.41) is 2.77. The Morgan fingerprint density at radius 2 is 1.68 bits per heavy atom. The van der Waals surface area contributed by atoms with Crippen molar-refractivity contribution in [3.05, 3.63) is 72.8 Å². The van der Waals surface area contributed by atoms with Crippen LogP contribution >= 0.6 is 0 Å². The van der Waals surface area contributed by atoms with Gasteiger partial charge in [0.2, 0.25) is 0 Å². The van der Waals surface area contributed by atoms with Gasteiger partial charge in [0.1, 0.15) is 23.1 Å². The summed E-state index contributed by atoms with van der Waals surface area (Å²) in [6.07, 6.45) is 0.460. The molecule has 0 aliphatic rings. The van der Waals surface area contributed by atoms with Gasteiger partial charge in [-0.25, -0.2) is 9.78 Å². The fourth-order valence-electron chi connectivity index (χ4n) is 3.10. The second kappa shape index (κ2) is 9.34. The number of aromatic nitrogens is 2. The number of nitrogens with zero attached hydrogens (tertiary/aromatic N) is 1. The Morgan fingerprint density at radius 3 is 2.42 bits per heavy atom. The Kier molecular flexibility index (Phi) is 6.17. The summed E-state index contributed by atoms with van der Waals surface area (Å²) < 4.78 is 11.2. The third kappa shape index (κ3) is 5.42. The second-order valence-electron chi connectivity index (χ2n) is 7.70. The highest BCUT2D eigenvalue weighted by atomic mass is 16.6. The molecular formula is C25H25N3O3. The molecule has 0 unspecified atom stereocenters. The van der Waals surface area contributed by atoms with Crippen LogP contribution in [-0.4, -0.2) is 22.6 Å². The molecule has 0 spiro atoms. The minimum atomic E-state index is -0.450. The highest BCUT2D eigenvalue weighted by molar-refractivity contribution is 5.82. The summed E-state index contributed by atoms with van der Waals surface area (Å²) in [5.74, 6) is 3.28. The van der Waals surface area contributed by atoms with Crippen LogP contribution in [0.15, 0.2) is 72.8 Å². The standard InChI is InChI=1S/C25H25N3O3/c1-17(2)14-15-26-25(29)31-21-12-13-22-23(16-21)28-24(27-22)18-8-10-20(11-9-18)30-19-6-4-3-5-7-19/h3-13,16-17H,14-15H2,1-2H3,(H,26,29)(H,27,28). The molecular weight excluding hydrogens is 390 g/mol. The molecule has 6 heteroatoms. The minimum absolute atomic E-state index is 0.450. The van der Waals surface area contributed by atoms with E-state index in [0.29, 0.717) is 18.2 Å². The SMILES string of the molecule is CC(C)CCNC(=O)Oc1ccc2nc(-c3ccc(Oc4ccccc4)cc3)[nH]c2c1. The largest absolute Gasteiger partial charge is 0.457 e. The van der Waals surface area contributed by atoms with E-state index >= 15 is 0 Å². The zero-order chi connectivity index (χ0) is 21.6.